The molecule has 1 nitrogen and oxygen atoms in total. The van der Waals surface area contributed by atoms with Gasteiger partial charge in [0.05, 0.1) is 12.7 Å². The van der Waals surface area contributed by atoms with Crippen LogP contribution in [0.5, 0.6) is 0 Å². The van der Waals surface area contributed by atoms with Crippen molar-refractivity contribution in [2.75, 3.05) is 0 Å². The smallest absolute Gasteiger partial charge is 0.0720 e. The van der Waals surface area contributed by atoms with Crippen LogP contribution < -0.4 is 0 Å². The Morgan fingerprint density at radius 1 is 1.06 bits per heavy atom. The van der Waals surface area contributed by atoms with Gasteiger partial charge in [-0.25, -0.2) is 0 Å². The summed E-state index contributed by atoms with van der Waals surface area (Å²) in [5.41, 5.74) is 1.26. The second-order valence-electron chi connectivity index (χ2n) is 5.48. The zero-order chi connectivity index (χ0) is 12.3. The van der Waals surface area contributed by atoms with Crippen molar-refractivity contribution in [3.05, 3.63) is 34.3 Å². The summed E-state index contributed by atoms with van der Waals surface area (Å²) in [6.07, 6.45) is 4.26. The fraction of sp³-hybridized carbons (Fsp3) is 0.600. The molecule has 17 heavy (non-hydrogen) atoms. The minimum atomic E-state index is 0.456. The van der Waals surface area contributed by atoms with E-state index >= 15 is 0 Å². The molecule has 0 amide bonds. The summed E-state index contributed by atoms with van der Waals surface area (Å²) in [5.74, 6) is 1.63. The molecule has 0 saturated heterocycles. The molecule has 0 N–H and O–H groups in total. The number of rotatable bonds is 3. The normalized spacial score (nSPS) is 29.2. The van der Waals surface area contributed by atoms with Crippen molar-refractivity contribution >= 4 is 15.9 Å². The van der Waals surface area contributed by atoms with E-state index in [4.69, 9.17) is 4.74 Å². The van der Waals surface area contributed by atoms with Gasteiger partial charge in [0, 0.05) is 4.47 Å². The van der Waals surface area contributed by atoms with Crippen molar-refractivity contribution in [2.45, 2.75) is 45.8 Å². The quantitative estimate of drug-likeness (QED) is 0.779. The van der Waals surface area contributed by atoms with E-state index in [9.17, 15) is 0 Å². The molecule has 2 heteroatoms. The summed E-state index contributed by atoms with van der Waals surface area (Å²) in [6.45, 7) is 5.43. The number of ether oxygens (including phenoxy) is 1. The van der Waals surface area contributed by atoms with Crippen LogP contribution in [-0.4, -0.2) is 6.10 Å². The highest BCUT2D eigenvalue weighted by Crippen LogP contribution is 2.30. The minimum absolute atomic E-state index is 0.456. The summed E-state index contributed by atoms with van der Waals surface area (Å²) in [5, 5.41) is 0. The number of hydrogen-bond acceptors (Lipinski definition) is 1. The van der Waals surface area contributed by atoms with Gasteiger partial charge in [-0.2, -0.15) is 0 Å². The van der Waals surface area contributed by atoms with Crippen LogP contribution >= 0.6 is 15.9 Å². The average Bonchev–Trinajstić information content (AvgIpc) is 2.27. The molecule has 1 aromatic carbocycles. The van der Waals surface area contributed by atoms with E-state index in [0.29, 0.717) is 6.10 Å². The zero-order valence-corrected chi connectivity index (χ0v) is 12.2. The second-order valence-corrected chi connectivity index (χ2v) is 6.39. The first-order valence-corrected chi connectivity index (χ1v) is 7.29. The number of benzene rings is 1. The molecule has 0 bridgehead atoms. The van der Waals surface area contributed by atoms with Crippen LogP contribution in [0.4, 0.5) is 0 Å². The van der Waals surface area contributed by atoms with Crippen LogP contribution in [-0.2, 0) is 11.3 Å². The third-order valence-electron chi connectivity index (χ3n) is 3.53. The summed E-state index contributed by atoms with van der Waals surface area (Å²) < 4.78 is 7.16. The van der Waals surface area contributed by atoms with E-state index in [0.717, 1.165) is 22.9 Å². The summed E-state index contributed by atoms with van der Waals surface area (Å²) in [4.78, 5) is 0. The van der Waals surface area contributed by atoms with Gasteiger partial charge in [-0.1, -0.05) is 41.9 Å². The van der Waals surface area contributed by atoms with Crippen molar-refractivity contribution in [3.63, 3.8) is 0 Å². The highest BCUT2D eigenvalue weighted by atomic mass is 79.9. The van der Waals surface area contributed by atoms with Crippen molar-refractivity contribution in [3.8, 4) is 0 Å². The lowest BCUT2D eigenvalue weighted by molar-refractivity contribution is -0.00915. The second kappa shape index (κ2) is 6.01. The molecule has 1 aromatic rings. The molecule has 2 rings (SSSR count). The predicted molar refractivity (Wildman–Crippen MR) is 74.9 cm³/mol. The van der Waals surface area contributed by atoms with Gasteiger partial charge >= 0.3 is 0 Å². The molecule has 2 unspecified atom stereocenters. The molecule has 0 radical (unpaired) electrons. The van der Waals surface area contributed by atoms with Gasteiger partial charge in [-0.15, -0.1) is 0 Å². The maximum Gasteiger partial charge on any atom is 0.0720 e. The van der Waals surface area contributed by atoms with Gasteiger partial charge in [0.25, 0.3) is 0 Å². The Labute approximate surface area is 113 Å². The molecule has 0 spiro atoms. The molecule has 1 aliphatic carbocycles. The zero-order valence-electron chi connectivity index (χ0n) is 10.7. The Morgan fingerprint density at radius 3 is 2.24 bits per heavy atom. The van der Waals surface area contributed by atoms with Gasteiger partial charge in [-0.05, 0) is 48.8 Å². The molecule has 0 heterocycles. The Kier molecular flexibility index (Phi) is 4.63. The lowest BCUT2D eigenvalue weighted by Gasteiger charge is -2.31. The maximum absolute atomic E-state index is 6.03. The molecule has 1 aliphatic rings. The van der Waals surface area contributed by atoms with E-state index in [1.54, 1.807) is 0 Å². The first-order chi connectivity index (χ1) is 8.13. The third-order valence-corrected chi connectivity index (χ3v) is 4.06. The monoisotopic (exact) mass is 296 g/mol. The minimum Gasteiger partial charge on any atom is -0.374 e. The molecule has 2 atom stereocenters. The van der Waals surface area contributed by atoms with Gasteiger partial charge in [-0.3, -0.25) is 0 Å². The fourth-order valence-electron chi connectivity index (χ4n) is 2.80. The Bertz CT molecular complexity index is 336. The summed E-state index contributed by atoms with van der Waals surface area (Å²) in [7, 11) is 0. The van der Waals surface area contributed by atoms with Crippen LogP contribution in [0.2, 0.25) is 0 Å². The van der Waals surface area contributed by atoms with Crippen LogP contribution in [0.1, 0.15) is 38.7 Å². The lowest BCUT2D eigenvalue weighted by atomic mass is 9.82. The Balaban J connectivity index is 1.83. The fourth-order valence-corrected chi connectivity index (χ4v) is 3.07. The number of halogens is 1. The number of hydrogen-bond donors (Lipinski definition) is 0. The highest BCUT2D eigenvalue weighted by Gasteiger charge is 2.24. The van der Waals surface area contributed by atoms with Crippen LogP contribution in [0.3, 0.4) is 0 Å². The van der Waals surface area contributed by atoms with Gasteiger partial charge in [0.15, 0.2) is 0 Å². The van der Waals surface area contributed by atoms with Crippen LogP contribution in [0.25, 0.3) is 0 Å². The van der Waals surface area contributed by atoms with Gasteiger partial charge in [0.2, 0.25) is 0 Å². The van der Waals surface area contributed by atoms with Gasteiger partial charge in [0.1, 0.15) is 0 Å². The molecule has 94 valence electrons. The molecule has 1 saturated carbocycles. The summed E-state index contributed by atoms with van der Waals surface area (Å²) in [6, 6.07) is 8.40. The summed E-state index contributed by atoms with van der Waals surface area (Å²) >= 11 is 3.45. The highest BCUT2D eigenvalue weighted by molar-refractivity contribution is 9.10. The Morgan fingerprint density at radius 2 is 1.65 bits per heavy atom. The SMILES string of the molecule is CC1CC(C)CC(OCc2ccc(Br)cc2)C1. The van der Waals surface area contributed by atoms with E-state index in [-0.39, 0.29) is 0 Å². The van der Waals surface area contributed by atoms with E-state index < -0.39 is 0 Å². The first kappa shape index (κ1) is 13.1. The molecule has 1 fully saturated rings. The molecule has 0 aliphatic heterocycles. The van der Waals surface area contributed by atoms with E-state index in [2.05, 4.69) is 54.0 Å². The van der Waals surface area contributed by atoms with Crippen molar-refractivity contribution in [2.24, 2.45) is 11.8 Å². The molecular formula is C15H21BrO. The van der Waals surface area contributed by atoms with Crippen molar-refractivity contribution in [1.82, 2.24) is 0 Å². The lowest BCUT2D eigenvalue weighted by Crippen LogP contribution is -2.26. The topological polar surface area (TPSA) is 9.23 Å². The van der Waals surface area contributed by atoms with Crippen molar-refractivity contribution < 1.29 is 4.74 Å². The molecular weight excluding hydrogens is 276 g/mol. The molecule has 0 aromatic heterocycles. The van der Waals surface area contributed by atoms with Crippen molar-refractivity contribution in [1.29, 1.82) is 0 Å². The van der Waals surface area contributed by atoms with Crippen LogP contribution in [0.15, 0.2) is 28.7 Å². The predicted octanol–water partition coefficient (Wildman–Crippen LogP) is 4.79. The largest absolute Gasteiger partial charge is 0.374 e. The third kappa shape index (κ3) is 4.11. The van der Waals surface area contributed by atoms with E-state index in [1.807, 2.05) is 0 Å². The first-order valence-electron chi connectivity index (χ1n) is 6.49. The Hall–Kier alpha value is -0.340. The van der Waals surface area contributed by atoms with Gasteiger partial charge < -0.3 is 4.74 Å². The average molecular weight is 297 g/mol. The van der Waals surface area contributed by atoms with E-state index in [1.165, 1.54) is 24.8 Å². The van der Waals surface area contributed by atoms with Crippen LogP contribution in [0, 0.1) is 11.8 Å². The maximum atomic E-state index is 6.03. The standard InChI is InChI=1S/C15H21BrO/c1-11-7-12(2)9-15(8-11)17-10-13-3-5-14(16)6-4-13/h3-6,11-12,15H,7-10H2,1-2H3.